The second-order valence-electron chi connectivity index (χ2n) is 4.29. The first-order chi connectivity index (χ1) is 10.4. The predicted octanol–water partition coefficient (Wildman–Crippen LogP) is 3.07. The lowest BCUT2D eigenvalue weighted by molar-refractivity contribution is -0.114. The van der Waals surface area contributed by atoms with E-state index in [2.05, 4.69) is 10.0 Å². The van der Waals surface area contributed by atoms with Crippen LogP contribution in [-0.2, 0) is 16.1 Å². The van der Waals surface area contributed by atoms with Gasteiger partial charge in [-0.3, -0.25) is 9.52 Å². The summed E-state index contributed by atoms with van der Waals surface area (Å²) < 4.78 is 19.7. The summed E-state index contributed by atoms with van der Waals surface area (Å²) in [7, 11) is 0. The van der Waals surface area contributed by atoms with Gasteiger partial charge in [0.2, 0.25) is 5.91 Å². The molecule has 0 aromatic heterocycles. The Morgan fingerprint density at radius 2 is 1.91 bits per heavy atom. The van der Waals surface area contributed by atoms with Crippen LogP contribution in [0.5, 0.6) is 11.5 Å². The Balaban J connectivity index is 2.05. The second kappa shape index (κ2) is 7.15. The smallest absolute Gasteiger partial charge is 0.316 e. The Hall–Kier alpha value is -2.25. The molecule has 3 N–H and O–H groups in total. The highest BCUT2D eigenvalue weighted by atomic mass is 35.5. The molecule has 116 valence electrons. The number of aromatic hydroxyl groups is 1. The lowest BCUT2D eigenvalue weighted by Gasteiger charge is -2.10. The number of hydrogen-bond donors (Lipinski definition) is 3. The highest BCUT2D eigenvalue weighted by molar-refractivity contribution is 7.81. The highest BCUT2D eigenvalue weighted by Crippen LogP contribution is 2.26. The van der Waals surface area contributed by atoms with Gasteiger partial charge in [-0.1, -0.05) is 11.6 Å². The molecule has 2 aromatic rings. The van der Waals surface area contributed by atoms with E-state index in [0.717, 1.165) is 0 Å². The molecule has 0 aliphatic heterocycles. The number of benzene rings is 2. The lowest BCUT2D eigenvalue weighted by Crippen LogP contribution is -2.12. The number of anilines is 2. The van der Waals surface area contributed by atoms with Crippen LogP contribution < -0.4 is 14.2 Å². The van der Waals surface area contributed by atoms with Gasteiger partial charge in [0.1, 0.15) is 11.5 Å². The maximum absolute atomic E-state index is 11.9. The number of halogens is 1. The van der Waals surface area contributed by atoms with Gasteiger partial charge >= 0.3 is 11.3 Å². The van der Waals surface area contributed by atoms with E-state index in [0.29, 0.717) is 22.1 Å². The Labute approximate surface area is 134 Å². The van der Waals surface area contributed by atoms with E-state index >= 15 is 0 Å². The zero-order chi connectivity index (χ0) is 16.1. The number of phenolic OH excluding ortho intramolecular Hbond substituents is 1. The van der Waals surface area contributed by atoms with Crippen LogP contribution in [-0.4, -0.2) is 15.2 Å². The monoisotopic (exact) mass is 340 g/mol. The van der Waals surface area contributed by atoms with Crippen LogP contribution >= 0.6 is 11.6 Å². The molecule has 8 heteroatoms. The Morgan fingerprint density at radius 3 is 2.55 bits per heavy atom. The summed E-state index contributed by atoms with van der Waals surface area (Å²) in [6.45, 7) is 1.36. The molecule has 0 saturated heterocycles. The van der Waals surface area contributed by atoms with E-state index in [1.165, 1.54) is 31.2 Å². The summed E-state index contributed by atoms with van der Waals surface area (Å²) in [4.78, 5) is 11.1. The highest BCUT2D eigenvalue weighted by Gasteiger charge is 2.07. The number of carbonyl (C=O) groups excluding carboxylic acids is 1. The molecule has 0 heterocycles. The van der Waals surface area contributed by atoms with Gasteiger partial charge < -0.3 is 14.6 Å². The van der Waals surface area contributed by atoms with Crippen molar-refractivity contribution in [1.29, 1.82) is 0 Å². The summed E-state index contributed by atoms with van der Waals surface area (Å²) in [5.74, 6) is 0.156. The van der Waals surface area contributed by atoms with E-state index in [1.54, 1.807) is 18.2 Å². The van der Waals surface area contributed by atoms with Crippen molar-refractivity contribution in [3.63, 3.8) is 0 Å². The summed E-state index contributed by atoms with van der Waals surface area (Å²) in [5, 5.41) is 12.1. The maximum Gasteiger partial charge on any atom is 0.316 e. The van der Waals surface area contributed by atoms with E-state index in [1.807, 2.05) is 0 Å². The Kier molecular flexibility index (Phi) is 5.24. The first-order valence-electron chi connectivity index (χ1n) is 6.17. The van der Waals surface area contributed by atoms with Crippen molar-refractivity contribution < 1.29 is 18.3 Å². The molecule has 0 radical (unpaired) electrons. The molecular weight excluding hydrogens is 328 g/mol. The molecule has 0 saturated carbocycles. The van der Waals surface area contributed by atoms with E-state index in [-0.39, 0.29) is 11.7 Å². The molecule has 1 amide bonds. The van der Waals surface area contributed by atoms with Crippen molar-refractivity contribution in [1.82, 2.24) is 0 Å². The van der Waals surface area contributed by atoms with Crippen molar-refractivity contribution in [2.45, 2.75) is 6.92 Å². The molecule has 2 aromatic carbocycles. The van der Waals surface area contributed by atoms with Gasteiger partial charge in [0, 0.05) is 6.92 Å². The molecule has 0 aliphatic carbocycles. The van der Waals surface area contributed by atoms with Crippen molar-refractivity contribution >= 4 is 40.1 Å². The number of nitrogens with one attached hydrogen (secondary N) is 2. The van der Waals surface area contributed by atoms with Crippen molar-refractivity contribution in [2.75, 3.05) is 10.0 Å². The van der Waals surface area contributed by atoms with Crippen LogP contribution in [0, 0.1) is 0 Å². The van der Waals surface area contributed by atoms with E-state index in [4.69, 9.17) is 20.9 Å². The third-order valence-corrected chi connectivity index (χ3v) is 3.56. The van der Waals surface area contributed by atoms with Crippen molar-refractivity contribution in [2.24, 2.45) is 0 Å². The van der Waals surface area contributed by atoms with Crippen LogP contribution in [0.1, 0.15) is 6.92 Å². The fourth-order valence-corrected chi connectivity index (χ4v) is 2.39. The molecule has 6 nitrogen and oxygen atoms in total. The molecule has 0 bridgehead atoms. The van der Waals surface area contributed by atoms with Gasteiger partial charge in [0.25, 0.3) is 0 Å². The summed E-state index contributed by atoms with van der Waals surface area (Å²) in [6.07, 6.45) is 0. The minimum Gasteiger partial charge on any atom is -0.508 e. The number of amides is 1. The topological polar surface area (TPSA) is 87.7 Å². The van der Waals surface area contributed by atoms with Crippen LogP contribution in [0.4, 0.5) is 11.4 Å². The first kappa shape index (κ1) is 16.1. The molecular formula is C14H13ClN2O4S. The SMILES string of the molecule is CC(=O)Nc1cc(NS(=O)Oc2ccc(O)cc2)ccc1Cl. The quantitative estimate of drug-likeness (QED) is 0.780. The minimum atomic E-state index is -1.84. The fourth-order valence-electron chi connectivity index (χ4n) is 1.58. The van der Waals surface area contributed by atoms with E-state index < -0.39 is 11.3 Å². The molecule has 0 spiro atoms. The third-order valence-electron chi connectivity index (χ3n) is 2.49. The first-order valence-corrected chi connectivity index (χ1v) is 7.62. The van der Waals surface area contributed by atoms with Gasteiger partial charge in [0.15, 0.2) is 0 Å². The minimum absolute atomic E-state index is 0.0868. The average Bonchev–Trinajstić information content (AvgIpc) is 2.44. The van der Waals surface area contributed by atoms with Gasteiger partial charge in [-0.15, -0.1) is 0 Å². The van der Waals surface area contributed by atoms with Crippen LogP contribution in [0.2, 0.25) is 5.02 Å². The zero-order valence-electron chi connectivity index (χ0n) is 11.5. The van der Waals surface area contributed by atoms with Gasteiger partial charge in [-0.25, -0.2) is 0 Å². The van der Waals surface area contributed by atoms with Crippen LogP contribution in [0.3, 0.4) is 0 Å². The zero-order valence-corrected chi connectivity index (χ0v) is 13.1. The van der Waals surface area contributed by atoms with E-state index in [9.17, 15) is 9.00 Å². The van der Waals surface area contributed by atoms with Crippen LogP contribution in [0.15, 0.2) is 42.5 Å². The van der Waals surface area contributed by atoms with Gasteiger partial charge in [-0.2, -0.15) is 4.21 Å². The number of carbonyl (C=O) groups is 1. The molecule has 22 heavy (non-hydrogen) atoms. The Morgan fingerprint density at radius 1 is 1.23 bits per heavy atom. The van der Waals surface area contributed by atoms with Crippen molar-refractivity contribution in [3.05, 3.63) is 47.5 Å². The van der Waals surface area contributed by atoms with Gasteiger partial charge in [0.05, 0.1) is 16.4 Å². The molecule has 1 atom stereocenters. The largest absolute Gasteiger partial charge is 0.508 e. The Bertz CT molecular complexity index is 706. The molecule has 2 rings (SSSR count). The van der Waals surface area contributed by atoms with Gasteiger partial charge in [-0.05, 0) is 42.5 Å². The number of rotatable bonds is 5. The number of phenols is 1. The average molecular weight is 341 g/mol. The summed E-state index contributed by atoms with van der Waals surface area (Å²) >= 11 is 4.10. The molecule has 1 unspecified atom stereocenters. The number of hydrogen-bond acceptors (Lipinski definition) is 4. The molecule has 0 fully saturated rings. The summed E-state index contributed by atoms with van der Waals surface area (Å²) in [5.41, 5.74) is 0.867. The standard InChI is InChI=1S/C14H13ClN2O4S/c1-9(18)16-14-8-10(2-7-13(14)15)17-22(20)21-12-5-3-11(19)4-6-12/h2-8,17,19H,1H3,(H,16,18). The fraction of sp³-hybridized carbons (Fsp3) is 0.0714. The maximum atomic E-state index is 11.9. The lowest BCUT2D eigenvalue weighted by atomic mass is 10.3. The predicted molar refractivity (Wildman–Crippen MR) is 86.3 cm³/mol. The van der Waals surface area contributed by atoms with Crippen LogP contribution in [0.25, 0.3) is 0 Å². The normalized spacial score (nSPS) is 11.5. The second-order valence-corrected chi connectivity index (χ2v) is 5.54. The third kappa shape index (κ3) is 4.64. The van der Waals surface area contributed by atoms with Crippen molar-refractivity contribution in [3.8, 4) is 11.5 Å². The molecule has 0 aliphatic rings. The summed E-state index contributed by atoms with van der Waals surface area (Å²) in [6, 6.07) is 10.5.